The molecule has 2 bridgehead atoms. The smallest absolute Gasteiger partial charge is 0.235 e. The molecule has 2 atom stereocenters. The van der Waals surface area contributed by atoms with Gasteiger partial charge in [0.05, 0.1) is 31.7 Å². The maximum atomic E-state index is 13.8. The molecule has 1 aliphatic heterocycles. The minimum absolute atomic E-state index is 0.0956. The number of anilines is 1. The van der Waals surface area contributed by atoms with Crippen LogP contribution in [0.3, 0.4) is 0 Å². The van der Waals surface area contributed by atoms with Gasteiger partial charge >= 0.3 is 0 Å². The quantitative estimate of drug-likeness (QED) is 0.357. The Morgan fingerprint density at radius 1 is 0.842 bits per heavy atom. The van der Waals surface area contributed by atoms with Crippen LogP contribution >= 0.6 is 23.2 Å². The fourth-order valence-corrected chi connectivity index (χ4v) is 7.37. The van der Waals surface area contributed by atoms with Gasteiger partial charge in [-0.3, -0.25) is 19.3 Å². The molecule has 0 radical (unpaired) electrons. The number of rotatable bonds is 6. The number of ether oxygens (including phenoxy) is 2. The Labute approximate surface area is 229 Å². The van der Waals surface area contributed by atoms with E-state index in [-0.39, 0.29) is 18.9 Å². The van der Waals surface area contributed by atoms with Gasteiger partial charge in [0.2, 0.25) is 17.7 Å². The van der Waals surface area contributed by atoms with E-state index < -0.39 is 33.4 Å². The highest BCUT2D eigenvalue weighted by atomic mass is 35.5. The average Bonchev–Trinajstić information content (AvgIpc) is 3.21. The molecular formula is C29H24Cl2N2O5. The fraction of sp³-hybridized carbons (Fsp3) is 0.276. The van der Waals surface area contributed by atoms with Crippen LogP contribution in [0.2, 0.25) is 0 Å². The molecule has 194 valence electrons. The molecule has 1 fully saturated rings. The number of benzene rings is 3. The van der Waals surface area contributed by atoms with Crippen molar-refractivity contribution >= 4 is 46.6 Å². The Balaban J connectivity index is 1.30. The highest BCUT2D eigenvalue weighted by molar-refractivity contribution is 6.36. The van der Waals surface area contributed by atoms with Crippen LogP contribution in [0, 0.1) is 11.8 Å². The number of likely N-dealkylation sites (tertiary alicyclic amines) is 1. The summed E-state index contributed by atoms with van der Waals surface area (Å²) in [7, 11) is 3.02. The Hall–Kier alpha value is -3.55. The van der Waals surface area contributed by atoms with Crippen LogP contribution in [0.15, 0.2) is 66.7 Å². The molecule has 3 amide bonds. The Morgan fingerprint density at radius 3 is 1.79 bits per heavy atom. The number of carbonyl (C=O) groups excluding carboxylic acids is 3. The fourth-order valence-electron chi connectivity index (χ4n) is 6.27. The summed E-state index contributed by atoms with van der Waals surface area (Å²) in [4.78, 5) is 39.2. The molecule has 7 rings (SSSR count). The molecule has 7 nitrogen and oxygen atoms in total. The summed E-state index contributed by atoms with van der Waals surface area (Å²) in [6.07, 6.45) is -0.101. The van der Waals surface area contributed by atoms with Crippen LogP contribution in [0.25, 0.3) is 0 Å². The summed E-state index contributed by atoms with van der Waals surface area (Å²) in [5, 5.41) is 2.78. The first-order chi connectivity index (χ1) is 18.3. The average molecular weight is 551 g/mol. The van der Waals surface area contributed by atoms with Gasteiger partial charge in [-0.1, -0.05) is 48.5 Å². The predicted octanol–water partition coefficient (Wildman–Crippen LogP) is 4.63. The molecule has 4 aliphatic rings. The van der Waals surface area contributed by atoms with Gasteiger partial charge in [-0.2, -0.15) is 0 Å². The third-order valence-corrected chi connectivity index (χ3v) is 9.21. The number of nitrogens with zero attached hydrogens (tertiary/aromatic N) is 1. The minimum Gasteiger partial charge on any atom is -0.497 e. The van der Waals surface area contributed by atoms with Gasteiger partial charge in [0.25, 0.3) is 0 Å². The molecule has 1 saturated heterocycles. The standard InChI is InChI=1S/C29H24Cl2N2O5/c1-37-16-11-12-21(22(15-16)38-2)32-23(34)13-14-33-26(35)24-25(27(33)36)29(31)18-8-4-3-7-17(18)28(24,30)19-9-5-6-10-20(19)29/h3-12,15,24-25H,13-14H2,1-2H3,(H,32,34)/t24-,25+,28?,29?. The van der Waals surface area contributed by atoms with Gasteiger partial charge in [-0.15, -0.1) is 23.2 Å². The molecule has 9 heteroatoms. The zero-order valence-corrected chi connectivity index (χ0v) is 22.2. The van der Waals surface area contributed by atoms with Gasteiger partial charge in [-0.25, -0.2) is 0 Å². The number of halogens is 2. The second-order valence-electron chi connectivity index (χ2n) is 9.66. The number of carbonyl (C=O) groups is 3. The van der Waals surface area contributed by atoms with Crippen molar-refractivity contribution in [3.8, 4) is 11.5 Å². The lowest BCUT2D eigenvalue weighted by molar-refractivity contribution is -0.140. The molecule has 1 N–H and O–H groups in total. The van der Waals surface area contributed by atoms with Gasteiger partial charge < -0.3 is 14.8 Å². The highest BCUT2D eigenvalue weighted by Gasteiger charge is 2.72. The Kier molecular flexibility index (Phi) is 5.70. The van der Waals surface area contributed by atoms with Crippen molar-refractivity contribution in [2.24, 2.45) is 11.8 Å². The summed E-state index contributed by atoms with van der Waals surface area (Å²) < 4.78 is 10.5. The molecular weight excluding hydrogens is 527 g/mol. The second kappa shape index (κ2) is 8.75. The van der Waals surface area contributed by atoms with Crippen molar-refractivity contribution in [2.75, 3.05) is 26.1 Å². The number of hydrogen-bond donors (Lipinski definition) is 1. The molecule has 0 aromatic heterocycles. The van der Waals surface area contributed by atoms with Crippen LogP contribution in [-0.2, 0) is 24.1 Å². The lowest BCUT2D eigenvalue weighted by Gasteiger charge is -2.54. The van der Waals surface area contributed by atoms with Crippen molar-refractivity contribution < 1.29 is 23.9 Å². The van der Waals surface area contributed by atoms with Crippen LogP contribution < -0.4 is 14.8 Å². The number of methoxy groups -OCH3 is 2. The van der Waals surface area contributed by atoms with Crippen LogP contribution in [0.1, 0.15) is 28.7 Å². The van der Waals surface area contributed by atoms with E-state index in [9.17, 15) is 14.4 Å². The van der Waals surface area contributed by atoms with Gasteiger partial charge in [0.1, 0.15) is 21.2 Å². The van der Waals surface area contributed by atoms with E-state index in [1.807, 2.05) is 48.5 Å². The van der Waals surface area contributed by atoms with Gasteiger partial charge in [-0.05, 0) is 34.4 Å². The Morgan fingerprint density at radius 2 is 1.34 bits per heavy atom. The van der Waals surface area contributed by atoms with Gasteiger partial charge in [0, 0.05) is 19.0 Å². The largest absolute Gasteiger partial charge is 0.497 e. The van der Waals surface area contributed by atoms with Crippen molar-refractivity contribution in [1.29, 1.82) is 0 Å². The molecule has 0 unspecified atom stereocenters. The topological polar surface area (TPSA) is 84.9 Å². The summed E-state index contributed by atoms with van der Waals surface area (Å²) >= 11 is 14.8. The lowest BCUT2D eigenvalue weighted by atomic mass is 9.54. The molecule has 0 saturated carbocycles. The minimum atomic E-state index is -1.24. The lowest BCUT2D eigenvalue weighted by Crippen LogP contribution is -2.57. The van der Waals surface area contributed by atoms with Crippen LogP contribution in [0.5, 0.6) is 11.5 Å². The van der Waals surface area contributed by atoms with E-state index >= 15 is 0 Å². The number of amides is 3. The first-order valence-electron chi connectivity index (χ1n) is 12.2. The van der Waals surface area contributed by atoms with Crippen molar-refractivity contribution in [1.82, 2.24) is 4.90 Å². The molecule has 3 aliphatic carbocycles. The summed E-state index contributed by atoms with van der Waals surface area (Å²) in [5.41, 5.74) is 3.41. The molecule has 3 aromatic rings. The van der Waals surface area contributed by atoms with E-state index in [0.717, 1.165) is 27.2 Å². The molecule has 38 heavy (non-hydrogen) atoms. The third-order valence-electron chi connectivity index (χ3n) is 7.92. The number of hydrogen-bond acceptors (Lipinski definition) is 5. The maximum Gasteiger partial charge on any atom is 0.235 e. The number of nitrogens with one attached hydrogen (secondary N) is 1. The number of imide groups is 1. The Bertz CT molecular complexity index is 1380. The van der Waals surface area contributed by atoms with E-state index in [1.54, 1.807) is 18.2 Å². The zero-order chi connectivity index (χ0) is 26.8. The van der Waals surface area contributed by atoms with E-state index in [4.69, 9.17) is 32.7 Å². The van der Waals surface area contributed by atoms with Crippen molar-refractivity contribution in [3.63, 3.8) is 0 Å². The summed E-state index contributed by atoms with van der Waals surface area (Å²) in [5.74, 6) is -1.97. The monoisotopic (exact) mass is 550 g/mol. The molecule has 3 aromatic carbocycles. The normalized spacial score (nSPS) is 26.5. The van der Waals surface area contributed by atoms with Crippen molar-refractivity contribution in [3.05, 3.63) is 89.0 Å². The predicted molar refractivity (Wildman–Crippen MR) is 143 cm³/mol. The second-order valence-corrected chi connectivity index (χ2v) is 10.9. The molecule has 1 heterocycles. The third kappa shape index (κ3) is 3.18. The van der Waals surface area contributed by atoms with E-state index in [0.29, 0.717) is 17.2 Å². The maximum absolute atomic E-state index is 13.8. The number of alkyl halides is 2. The summed E-state index contributed by atoms with van der Waals surface area (Å²) in [6.45, 7) is -0.0956. The SMILES string of the molecule is COc1ccc(NC(=O)CCN2C(=O)[C@@H]3[C@H](C2=O)C2(Cl)c4ccccc4C3(Cl)c3ccccc32)c(OC)c1. The van der Waals surface area contributed by atoms with Crippen LogP contribution in [-0.4, -0.2) is 43.4 Å². The first kappa shape index (κ1) is 24.8. The molecule has 0 spiro atoms. The van der Waals surface area contributed by atoms with Gasteiger partial charge in [0.15, 0.2) is 0 Å². The van der Waals surface area contributed by atoms with Crippen molar-refractivity contribution in [2.45, 2.75) is 16.2 Å². The van der Waals surface area contributed by atoms with E-state index in [2.05, 4.69) is 5.32 Å². The summed E-state index contributed by atoms with van der Waals surface area (Å²) in [6, 6.07) is 20.0. The highest BCUT2D eigenvalue weighted by Crippen LogP contribution is 2.69. The zero-order valence-electron chi connectivity index (χ0n) is 20.7. The van der Waals surface area contributed by atoms with E-state index in [1.165, 1.54) is 14.2 Å². The van der Waals surface area contributed by atoms with Crippen LogP contribution in [0.4, 0.5) is 5.69 Å². The first-order valence-corrected chi connectivity index (χ1v) is 13.0.